The highest BCUT2D eigenvalue weighted by atomic mass is 32.2. The van der Waals surface area contributed by atoms with Crippen molar-refractivity contribution in [2.75, 3.05) is 13.6 Å². The second kappa shape index (κ2) is 7.75. The number of quaternary nitrogens is 1. The molecule has 0 saturated carbocycles. The van der Waals surface area contributed by atoms with Crippen LogP contribution in [0.1, 0.15) is 28.8 Å². The Balaban J connectivity index is 1.54. The molecular weight excluding hydrogens is 378 g/mol. The minimum atomic E-state index is -3.14. The molecule has 0 amide bonds. The zero-order chi connectivity index (χ0) is 18.9. The van der Waals surface area contributed by atoms with Gasteiger partial charge in [0, 0.05) is 34.6 Å². The molecule has 3 N–H and O–H groups in total. The van der Waals surface area contributed by atoms with Crippen molar-refractivity contribution in [3.8, 4) is 0 Å². The van der Waals surface area contributed by atoms with Crippen molar-refractivity contribution in [2.24, 2.45) is 0 Å². The van der Waals surface area contributed by atoms with E-state index in [1.807, 2.05) is 29.5 Å². The van der Waals surface area contributed by atoms with Crippen LogP contribution in [-0.4, -0.2) is 37.9 Å². The van der Waals surface area contributed by atoms with Gasteiger partial charge in [-0.15, -0.1) is 11.3 Å². The number of likely N-dealkylation sites (tertiary alicyclic amines) is 1. The van der Waals surface area contributed by atoms with Gasteiger partial charge in [0.05, 0.1) is 7.05 Å². The third kappa shape index (κ3) is 4.27. The summed E-state index contributed by atoms with van der Waals surface area (Å²) in [7, 11) is -1.56. The molecule has 1 atom stereocenters. The molecule has 1 fully saturated rings. The monoisotopic (exact) mass is 404 g/mol. The van der Waals surface area contributed by atoms with Crippen LogP contribution in [0.25, 0.3) is 10.9 Å². The topological polar surface area (TPSA) is 69.8 Å². The number of nitrogens with zero attached hydrogens (tertiary/aromatic N) is 1. The maximum absolute atomic E-state index is 11.9. The van der Waals surface area contributed by atoms with Gasteiger partial charge in [0.25, 0.3) is 10.0 Å². The molecule has 5 nitrogen and oxygen atoms in total. The fraction of sp³-hybridized carbons (Fsp3) is 0.400. The van der Waals surface area contributed by atoms with E-state index in [2.05, 4.69) is 33.6 Å². The average Bonchev–Trinajstić information content (AvgIpc) is 3.39. The lowest BCUT2D eigenvalue weighted by molar-refractivity contribution is -0.461. The van der Waals surface area contributed by atoms with Crippen LogP contribution in [-0.2, 0) is 28.7 Å². The number of benzene rings is 1. The molecule has 0 bridgehead atoms. The smallest absolute Gasteiger partial charge is 0.297 e. The SMILES string of the molecule is C[NH2+]S(=O)(=O)Cc1ccc2[nH]cc(CC3CCCN3Cc3cccs3)c2c1. The minimum absolute atomic E-state index is 0.0675. The first-order valence-corrected chi connectivity index (χ1v) is 12.0. The normalized spacial score (nSPS) is 18.5. The molecule has 0 spiro atoms. The highest BCUT2D eigenvalue weighted by molar-refractivity contribution is 7.83. The van der Waals surface area contributed by atoms with Gasteiger partial charge < -0.3 is 4.98 Å². The van der Waals surface area contributed by atoms with Crippen molar-refractivity contribution in [3.63, 3.8) is 0 Å². The van der Waals surface area contributed by atoms with Gasteiger partial charge in [-0.1, -0.05) is 12.1 Å². The van der Waals surface area contributed by atoms with E-state index < -0.39 is 10.0 Å². The second-order valence-corrected chi connectivity index (χ2v) is 10.4. The Kier molecular flexibility index (Phi) is 5.36. The molecule has 1 aromatic carbocycles. The second-order valence-electron chi connectivity index (χ2n) is 7.29. The van der Waals surface area contributed by atoms with E-state index in [-0.39, 0.29) is 5.75 Å². The van der Waals surface area contributed by atoms with Gasteiger partial charge in [-0.3, -0.25) is 4.90 Å². The molecule has 144 valence electrons. The number of aromatic nitrogens is 1. The van der Waals surface area contributed by atoms with Crippen molar-refractivity contribution < 1.29 is 13.1 Å². The van der Waals surface area contributed by atoms with E-state index in [4.69, 9.17) is 0 Å². The van der Waals surface area contributed by atoms with Crippen molar-refractivity contribution in [1.82, 2.24) is 9.88 Å². The molecule has 0 aliphatic carbocycles. The highest BCUT2D eigenvalue weighted by Crippen LogP contribution is 2.28. The van der Waals surface area contributed by atoms with Crippen LogP contribution in [0.15, 0.2) is 41.9 Å². The Bertz CT molecular complexity index is 1010. The Hall–Kier alpha value is -1.67. The van der Waals surface area contributed by atoms with Crippen LogP contribution in [0.3, 0.4) is 0 Å². The van der Waals surface area contributed by atoms with Crippen LogP contribution in [0.4, 0.5) is 0 Å². The molecule has 1 unspecified atom stereocenters. The summed E-state index contributed by atoms with van der Waals surface area (Å²) in [5.41, 5.74) is 3.21. The summed E-state index contributed by atoms with van der Waals surface area (Å²) in [4.78, 5) is 7.36. The number of H-pyrrole nitrogens is 1. The van der Waals surface area contributed by atoms with E-state index in [9.17, 15) is 8.42 Å². The molecule has 1 aliphatic rings. The molecule has 27 heavy (non-hydrogen) atoms. The zero-order valence-corrected chi connectivity index (χ0v) is 17.2. The predicted octanol–water partition coefficient (Wildman–Crippen LogP) is 2.46. The summed E-state index contributed by atoms with van der Waals surface area (Å²) < 4.78 is 25.2. The Morgan fingerprint density at radius 1 is 1.33 bits per heavy atom. The molecule has 1 saturated heterocycles. The standard InChI is InChI=1S/C20H25N3O2S2/c1-21-27(24,25)14-15-6-7-20-19(10-15)16(12-22-20)11-17-4-2-8-23(17)13-18-5-3-9-26-18/h3,5-7,9-10,12,17,21-22H,2,4,8,11,13-14H2,1H3/p+1. The first-order chi connectivity index (χ1) is 13.0. The van der Waals surface area contributed by atoms with E-state index in [1.54, 1.807) is 7.05 Å². The van der Waals surface area contributed by atoms with E-state index in [1.165, 1.54) is 28.0 Å². The lowest BCUT2D eigenvalue weighted by Gasteiger charge is -2.23. The number of thiophene rings is 1. The number of fused-ring (bicyclic) bond motifs is 1. The molecule has 4 rings (SSSR count). The number of aromatic amines is 1. The quantitative estimate of drug-likeness (QED) is 0.636. The first kappa shape index (κ1) is 18.7. The van der Waals surface area contributed by atoms with Gasteiger partial charge in [0.15, 0.2) is 0 Å². The predicted molar refractivity (Wildman–Crippen MR) is 110 cm³/mol. The Labute approximate surface area is 164 Å². The van der Waals surface area contributed by atoms with Crippen LogP contribution in [0.5, 0.6) is 0 Å². The summed E-state index contributed by atoms with van der Waals surface area (Å²) in [5.74, 6) is 0.0675. The van der Waals surface area contributed by atoms with Crippen LogP contribution in [0.2, 0.25) is 0 Å². The molecule has 1 aliphatic heterocycles. The van der Waals surface area contributed by atoms with Crippen molar-refractivity contribution in [1.29, 1.82) is 0 Å². The Morgan fingerprint density at radius 3 is 3.00 bits per heavy atom. The van der Waals surface area contributed by atoms with Crippen LogP contribution in [0, 0.1) is 0 Å². The number of hydrogen-bond donors (Lipinski definition) is 2. The highest BCUT2D eigenvalue weighted by Gasteiger charge is 2.26. The molecule has 7 heteroatoms. The number of nitrogens with one attached hydrogen (secondary N) is 1. The summed E-state index contributed by atoms with van der Waals surface area (Å²) in [5, 5.41) is 3.30. The number of primary sulfonamides is 1. The van der Waals surface area contributed by atoms with E-state index in [0.717, 1.165) is 36.0 Å². The summed E-state index contributed by atoms with van der Waals surface area (Å²) >= 11 is 1.82. The van der Waals surface area contributed by atoms with Gasteiger partial charge in [-0.2, -0.15) is 8.42 Å². The summed E-state index contributed by atoms with van der Waals surface area (Å²) in [6.07, 6.45) is 5.56. The number of rotatable bonds is 7. The average molecular weight is 405 g/mol. The molecule has 0 radical (unpaired) electrons. The number of nitrogens with two attached hydrogens (primary N) is 1. The first-order valence-electron chi connectivity index (χ1n) is 9.41. The third-order valence-electron chi connectivity index (χ3n) is 5.45. The lowest BCUT2D eigenvalue weighted by atomic mass is 10.0. The Morgan fingerprint density at radius 2 is 2.22 bits per heavy atom. The van der Waals surface area contributed by atoms with Gasteiger partial charge in [0.1, 0.15) is 5.75 Å². The molecule has 3 aromatic rings. The van der Waals surface area contributed by atoms with Crippen molar-refractivity contribution >= 4 is 32.3 Å². The van der Waals surface area contributed by atoms with Gasteiger partial charge in [0.2, 0.25) is 0 Å². The van der Waals surface area contributed by atoms with Crippen LogP contribution < -0.4 is 4.72 Å². The maximum Gasteiger partial charge on any atom is 0.297 e. The maximum atomic E-state index is 11.9. The van der Waals surface area contributed by atoms with Crippen LogP contribution >= 0.6 is 11.3 Å². The molecule has 3 heterocycles. The van der Waals surface area contributed by atoms with E-state index >= 15 is 0 Å². The fourth-order valence-corrected chi connectivity index (χ4v) is 5.53. The van der Waals surface area contributed by atoms with Gasteiger partial charge >= 0.3 is 0 Å². The van der Waals surface area contributed by atoms with Crippen molar-refractivity contribution in [2.45, 2.75) is 37.6 Å². The third-order valence-corrected chi connectivity index (χ3v) is 7.77. The fourth-order valence-electron chi connectivity index (χ4n) is 3.99. The zero-order valence-electron chi connectivity index (χ0n) is 15.5. The summed E-state index contributed by atoms with van der Waals surface area (Å²) in [6.45, 7) is 2.18. The molecule has 2 aromatic heterocycles. The van der Waals surface area contributed by atoms with Gasteiger partial charge in [-0.05, 0) is 60.5 Å². The molecular formula is C20H26N3O2S2+. The number of hydrogen-bond acceptors (Lipinski definition) is 4. The van der Waals surface area contributed by atoms with Crippen molar-refractivity contribution in [3.05, 3.63) is 57.9 Å². The van der Waals surface area contributed by atoms with E-state index in [0.29, 0.717) is 6.04 Å². The minimum Gasteiger partial charge on any atom is -0.361 e. The largest absolute Gasteiger partial charge is 0.361 e. The lowest BCUT2D eigenvalue weighted by Crippen LogP contribution is -2.83. The summed E-state index contributed by atoms with van der Waals surface area (Å²) in [6, 6.07) is 10.8. The number of sulfonamides is 1. The van der Waals surface area contributed by atoms with Gasteiger partial charge in [-0.25, -0.2) is 4.72 Å².